The third-order valence-corrected chi connectivity index (χ3v) is 5.79. The van der Waals surface area contributed by atoms with Gasteiger partial charge in [0.25, 0.3) is 5.56 Å². The van der Waals surface area contributed by atoms with Gasteiger partial charge in [0.15, 0.2) is 0 Å². The minimum absolute atomic E-state index is 0.0321. The Morgan fingerprint density at radius 1 is 1.28 bits per heavy atom. The number of pyridine rings is 1. The normalized spacial score (nSPS) is 23.3. The van der Waals surface area contributed by atoms with Gasteiger partial charge in [-0.25, -0.2) is 0 Å². The highest BCUT2D eigenvalue weighted by molar-refractivity contribution is 5.92. The average Bonchev–Trinajstić information content (AvgIpc) is 3.06. The number of piperidine rings is 1. The molecular weight excluding hydrogens is 372 g/mol. The molecule has 154 valence electrons. The molecule has 2 aliphatic rings. The maximum atomic E-state index is 12.6. The molecule has 0 aliphatic carbocycles. The largest absolute Gasteiger partial charge is 0.354 e. The number of amides is 2. The van der Waals surface area contributed by atoms with Gasteiger partial charge >= 0.3 is 0 Å². The number of carbonyl (C=O) groups excluding carboxylic acids is 2. The van der Waals surface area contributed by atoms with Crippen LogP contribution in [-0.2, 0) is 16.6 Å². The molecule has 1 fully saturated rings. The van der Waals surface area contributed by atoms with E-state index >= 15 is 0 Å². The molecule has 2 aromatic heterocycles. The van der Waals surface area contributed by atoms with E-state index in [9.17, 15) is 14.4 Å². The Morgan fingerprint density at radius 3 is 2.83 bits per heavy atom. The van der Waals surface area contributed by atoms with Crippen molar-refractivity contribution < 1.29 is 9.59 Å². The summed E-state index contributed by atoms with van der Waals surface area (Å²) in [5.41, 5.74) is 1.63. The van der Waals surface area contributed by atoms with E-state index in [1.807, 2.05) is 10.6 Å². The number of rotatable bonds is 5. The van der Waals surface area contributed by atoms with Crippen LogP contribution in [0.2, 0.25) is 0 Å². The van der Waals surface area contributed by atoms with Crippen molar-refractivity contribution in [1.29, 1.82) is 0 Å². The first-order valence-corrected chi connectivity index (χ1v) is 9.87. The Morgan fingerprint density at radius 2 is 2.10 bits per heavy atom. The zero-order chi connectivity index (χ0) is 20.5. The van der Waals surface area contributed by atoms with Crippen LogP contribution in [0.15, 0.2) is 35.4 Å². The molecule has 9 nitrogen and oxygen atoms in total. The summed E-state index contributed by atoms with van der Waals surface area (Å²) in [6, 6.07) is 5.24. The van der Waals surface area contributed by atoms with Gasteiger partial charge < -0.3 is 15.2 Å². The van der Waals surface area contributed by atoms with Gasteiger partial charge in [0.05, 0.1) is 24.5 Å². The summed E-state index contributed by atoms with van der Waals surface area (Å²) in [5, 5.41) is 9.81. The maximum Gasteiger partial charge on any atom is 0.251 e. The summed E-state index contributed by atoms with van der Waals surface area (Å²) in [6.07, 6.45) is 4.33. The number of nitrogens with zero attached hydrogens (tertiary/aromatic N) is 4. The maximum absolute atomic E-state index is 12.6. The monoisotopic (exact) mass is 398 g/mol. The van der Waals surface area contributed by atoms with Crippen LogP contribution >= 0.6 is 0 Å². The SMILES string of the molecule is CC(=O)NC[C@H]1[C@H]2C[C@H](CN(CC(=O)Nc3cnn(C)c3)C2)c2cccc(=O)n21. The number of hydrogen-bond donors (Lipinski definition) is 2. The molecule has 2 aromatic rings. The quantitative estimate of drug-likeness (QED) is 0.755. The van der Waals surface area contributed by atoms with Crippen LogP contribution in [0.3, 0.4) is 0 Å². The van der Waals surface area contributed by atoms with Gasteiger partial charge in [-0.15, -0.1) is 0 Å². The summed E-state index contributed by atoms with van der Waals surface area (Å²) in [4.78, 5) is 38.7. The third-order valence-electron chi connectivity index (χ3n) is 5.79. The standard InChI is InChI=1S/C20H26N6O3/c1-13(27)21-8-18-15-6-14(17-4-3-5-20(29)26(17)18)9-25(10-15)12-19(28)23-16-7-22-24(2)11-16/h3-5,7,11,14-15,18H,6,8-10,12H2,1-2H3,(H,21,27)(H,23,28)/t14-,15+,18+/m1/s1. The van der Waals surface area contributed by atoms with Crippen LogP contribution in [-0.4, -0.2) is 57.2 Å². The summed E-state index contributed by atoms with van der Waals surface area (Å²) in [6.45, 7) is 3.62. The first-order valence-electron chi connectivity index (χ1n) is 9.87. The summed E-state index contributed by atoms with van der Waals surface area (Å²) in [5.74, 6) is 0.199. The molecule has 2 bridgehead atoms. The van der Waals surface area contributed by atoms with E-state index in [0.29, 0.717) is 18.8 Å². The van der Waals surface area contributed by atoms with E-state index in [-0.39, 0.29) is 41.8 Å². The first kappa shape index (κ1) is 19.4. The summed E-state index contributed by atoms with van der Waals surface area (Å²) < 4.78 is 3.49. The molecule has 0 radical (unpaired) electrons. The number of nitrogens with one attached hydrogen (secondary N) is 2. The van der Waals surface area contributed by atoms with Crippen LogP contribution in [0, 0.1) is 5.92 Å². The van der Waals surface area contributed by atoms with Crippen molar-refractivity contribution in [1.82, 2.24) is 24.6 Å². The lowest BCUT2D eigenvalue weighted by atomic mass is 9.78. The zero-order valence-corrected chi connectivity index (χ0v) is 16.7. The number of likely N-dealkylation sites (tertiary alicyclic amines) is 1. The predicted octanol–water partition coefficient (Wildman–Crippen LogP) is 0.317. The van der Waals surface area contributed by atoms with Crippen LogP contribution in [0.4, 0.5) is 5.69 Å². The molecule has 2 N–H and O–H groups in total. The van der Waals surface area contributed by atoms with E-state index in [2.05, 4.69) is 20.6 Å². The van der Waals surface area contributed by atoms with Gasteiger partial charge in [-0.1, -0.05) is 6.07 Å². The molecule has 0 unspecified atom stereocenters. The van der Waals surface area contributed by atoms with Gasteiger partial charge in [-0.2, -0.15) is 5.10 Å². The second kappa shape index (κ2) is 7.82. The van der Waals surface area contributed by atoms with Crippen molar-refractivity contribution in [2.24, 2.45) is 13.0 Å². The fourth-order valence-electron chi connectivity index (χ4n) is 4.67. The van der Waals surface area contributed by atoms with E-state index in [1.165, 1.54) is 6.92 Å². The highest BCUT2D eigenvalue weighted by Gasteiger charge is 2.40. The van der Waals surface area contributed by atoms with E-state index in [1.54, 1.807) is 36.3 Å². The average molecular weight is 398 g/mol. The second-order valence-corrected chi connectivity index (χ2v) is 8.00. The molecule has 2 aliphatic heterocycles. The molecule has 0 aromatic carbocycles. The van der Waals surface area contributed by atoms with Crippen molar-refractivity contribution in [2.45, 2.75) is 25.3 Å². The molecule has 0 saturated carbocycles. The van der Waals surface area contributed by atoms with Crippen molar-refractivity contribution in [3.05, 3.63) is 46.6 Å². The minimum Gasteiger partial charge on any atom is -0.354 e. The van der Waals surface area contributed by atoms with E-state index < -0.39 is 0 Å². The molecule has 4 rings (SSSR count). The van der Waals surface area contributed by atoms with Crippen molar-refractivity contribution in [3.63, 3.8) is 0 Å². The molecule has 1 saturated heterocycles. The summed E-state index contributed by atoms with van der Waals surface area (Å²) in [7, 11) is 1.80. The van der Waals surface area contributed by atoms with Crippen molar-refractivity contribution in [3.8, 4) is 0 Å². The van der Waals surface area contributed by atoms with Crippen LogP contribution < -0.4 is 16.2 Å². The number of aromatic nitrogens is 3. The first-order chi connectivity index (χ1) is 13.9. The topological polar surface area (TPSA) is 101 Å². The molecule has 9 heteroatoms. The Bertz CT molecular complexity index is 981. The Labute approximate surface area is 168 Å². The fraction of sp³-hybridized carbons (Fsp3) is 0.500. The predicted molar refractivity (Wildman–Crippen MR) is 108 cm³/mol. The summed E-state index contributed by atoms with van der Waals surface area (Å²) >= 11 is 0. The highest BCUT2D eigenvalue weighted by Crippen LogP contribution is 2.40. The van der Waals surface area contributed by atoms with Gasteiger partial charge in [-0.05, 0) is 18.4 Å². The molecular formula is C20H26N6O3. The van der Waals surface area contributed by atoms with Gasteiger partial charge in [0.1, 0.15) is 0 Å². The lowest BCUT2D eigenvalue weighted by molar-refractivity contribution is -0.119. The number of anilines is 1. The van der Waals surface area contributed by atoms with Crippen molar-refractivity contribution >= 4 is 17.5 Å². The molecule has 2 amide bonds. The molecule has 0 spiro atoms. The second-order valence-electron chi connectivity index (χ2n) is 8.00. The third kappa shape index (κ3) is 4.09. The number of carbonyl (C=O) groups is 2. The molecule has 29 heavy (non-hydrogen) atoms. The van der Waals surface area contributed by atoms with Gasteiger partial charge in [-0.3, -0.25) is 24.0 Å². The minimum atomic E-state index is -0.110. The number of fused-ring (bicyclic) bond motifs is 4. The Balaban J connectivity index is 1.52. The Hall–Kier alpha value is -2.94. The molecule has 3 atom stereocenters. The Kier molecular flexibility index (Phi) is 5.23. The number of hydrogen-bond acceptors (Lipinski definition) is 5. The number of aryl methyl sites for hydroxylation is 1. The van der Waals surface area contributed by atoms with Crippen LogP contribution in [0.5, 0.6) is 0 Å². The lowest BCUT2D eigenvalue weighted by Gasteiger charge is -2.46. The van der Waals surface area contributed by atoms with Gasteiger partial charge in [0.2, 0.25) is 11.8 Å². The fourth-order valence-corrected chi connectivity index (χ4v) is 4.67. The lowest BCUT2D eigenvalue weighted by Crippen LogP contribution is -2.53. The smallest absolute Gasteiger partial charge is 0.251 e. The molecule has 4 heterocycles. The highest BCUT2D eigenvalue weighted by atomic mass is 16.2. The van der Waals surface area contributed by atoms with Crippen molar-refractivity contribution in [2.75, 3.05) is 31.5 Å². The van der Waals surface area contributed by atoms with Gasteiger partial charge in [0, 0.05) is 57.5 Å². The van der Waals surface area contributed by atoms with Crippen LogP contribution in [0.25, 0.3) is 0 Å². The van der Waals surface area contributed by atoms with E-state index in [4.69, 9.17) is 0 Å². The zero-order valence-electron chi connectivity index (χ0n) is 16.7. The van der Waals surface area contributed by atoms with Crippen LogP contribution in [0.1, 0.15) is 31.0 Å². The van der Waals surface area contributed by atoms with E-state index in [0.717, 1.165) is 18.7 Å².